The molecule has 2 unspecified atom stereocenters. The van der Waals surface area contributed by atoms with E-state index in [1.807, 2.05) is 0 Å². The predicted octanol–water partition coefficient (Wildman–Crippen LogP) is 2.22. The van der Waals surface area contributed by atoms with E-state index in [9.17, 15) is 4.79 Å². The minimum Gasteiger partial charge on any atom is -0.323 e. The van der Waals surface area contributed by atoms with Gasteiger partial charge in [0.25, 0.3) is 0 Å². The zero-order valence-electron chi connectivity index (χ0n) is 11.7. The Morgan fingerprint density at radius 1 is 1.18 bits per heavy atom. The summed E-state index contributed by atoms with van der Waals surface area (Å²) in [5.41, 5.74) is 0. The monoisotopic (exact) mass is 238 g/mol. The molecule has 1 amide bonds. The first-order valence-electron chi connectivity index (χ1n) is 7.00. The van der Waals surface area contributed by atoms with Gasteiger partial charge in [-0.15, -0.1) is 0 Å². The van der Waals surface area contributed by atoms with Gasteiger partial charge in [-0.25, -0.2) is 0 Å². The van der Waals surface area contributed by atoms with E-state index in [0.29, 0.717) is 23.8 Å². The molecule has 1 aliphatic heterocycles. The maximum atomic E-state index is 12.5. The molecule has 3 nitrogen and oxygen atoms in total. The van der Waals surface area contributed by atoms with Gasteiger partial charge in [-0.1, -0.05) is 34.6 Å². The van der Waals surface area contributed by atoms with Gasteiger partial charge < -0.3 is 4.90 Å². The Labute approximate surface area is 105 Å². The summed E-state index contributed by atoms with van der Waals surface area (Å²) in [6.45, 7) is 10.9. The van der Waals surface area contributed by atoms with Gasteiger partial charge in [0.1, 0.15) is 0 Å². The van der Waals surface area contributed by atoms with Gasteiger partial charge >= 0.3 is 0 Å². The second kappa shape index (κ2) is 4.60. The molecule has 1 heterocycles. The number of carbonyl (C=O) groups is 1. The smallest absolute Gasteiger partial charge is 0.241 e. The number of rotatable bonds is 3. The summed E-state index contributed by atoms with van der Waals surface area (Å²) in [4.78, 5) is 14.6. The van der Waals surface area contributed by atoms with Crippen LogP contribution in [-0.4, -0.2) is 29.1 Å². The van der Waals surface area contributed by atoms with Crippen molar-refractivity contribution in [3.63, 3.8) is 0 Å². The molecule has 1 N–H and O–H groups in total. The Hall–Kier alpha value is -0.570. The lowest BCUT2D eigenvalue weighted by molar-refractivity contribution is -0.136. The first-order chi connectivity index (χ1) is 7.91. The van der Waals surface area contributed by atoms with E-state index >= 15 is 0 Å². The van der Waals surface area contributed by atoms with Crippen LogP contribution >= 0.6 is 0 Å². The van der Waals surface area contributed by atoms with Crippen LogP contribution in [0.2, 0.25) is 0 Å². The van der Waals surface area contributed by atoms with Gasteiger partial charge in [-0.2, -0.15) is 0 Å². The zero-order chi connectivity index (χ0) is 12.7. The van der Waals surface area contributed by atoms with Crippen LogP contribution in [0.15, 0.2) is 0 Å². The fourth-order valence-electron chi connectivity index (χ4n) is 3.12. The van der Waals surface area contributed by atoms with Crippen molar-refractivity contribution in [2.75, 3.05) is 0 Å². The Kier molecular flexibility index (Phi) is 3.48. The van der Waals surface area contributed by atoms with Gasteiger partial charge in [-0.05, 0) is 30.6 Å². The van der Waals surface area contributed by atoms with Crippen LogP contribution in [0.1, 0.15) is 47.5 Å². The van der Waals surface area contributed by atoms with E-state index in [0.717, 1.165) is 5.92 Å². The Morgan fingerprint density at radius 2 is 1.76 bits per heavy atom. The predicted molar refractivity (Wildman–Crippen MR) is 69.4 cm³/mol. The maximum Gasteiger partial charge on any atom is 0.241 e. The summed E-state index contributed by atoms with van der Waals surface area (Å²) in [5.74, 6) is 1.99. The molecule has 0 spiro atoms. The zero-order valence-corrected chi connectivity index (χ0v) is 11.7. The van der Waals surface area contributed by atoms with Crippen LogP contribution in [0.3, 0.4) is 0 Å². The number of carbonyl (C=O) groups excluding carboxylic acids is 1. The molecule has 0 aromatic rings. The van der Waals surface area contributed by atoms with Crippen molar-refractivity contribution in [1.82, 2.24) is 10.2 Å². The lowest BCUT2D eigenvalue weighted by atomic mass is 9.80. The van der Waals surface area contributed by atoms with Crippen LogP contribution in [0.25, 0.3) is 0 Å². The highest BCUT2D eigenvalue weighted by atomic mass is 16.2. The van der Waals surface area contributed by atoms with Crippen LogP contribution in [-0.2, 0) is 4.79 Å². The van der Waals surface area contributed by atoms with Crippen molar-refractivity contribution in [2.24, 2.45) is 17.8 Å². The molecule has 2 rings (SSSR count). The molecule has 1 saturated carbocycles. The second-order valence-electron chi connectivity index (χ2n) is 6.55. The maximum absolute atomic E-state index is 12.5. The number of hydrogen-bond acceptors (Lipinski definition) is 2. The summed E-state index contributed by atoms with van der Waals surface area (Å²) in [6.07, 6.45) is 2.61. The quantitative estimate of drug-likeness (QED) is 0.817. The minimum atomic E-state index is 0.0262. The highest BCUT2D eigenvalue weighted by Crippen LogP contribution is 2.36. The van der Waals surface area contributed by atoms with Gasteiger partial charge in [0.2, 0.25) is 5.91 Å². The molecule has 2 aliphatic rings. The van der Waals surface area contributed by atoms with Crippen LogP contribution in [0, 0.1) is 17.8 Å². The number of nitrogens with zero attached hydrogens (tertiary/aromatic N) is 1. The molecule has 0 aromatic heterocycles. The molecule has 2 fully saturated rings. The summed E-state index contributed by atoms with van der Waals surface area (Å²) >= 11 is 0. The molecular formula is C14H26N2O. The van der Waals surface area contributed by atoms with Crippen LogP contribution in [0.5, 0.6) is 0 Å². The molecule has 1 saturated heterocycles. The number of nitrogens with one attached hydrogen (secondary N) is 1. The van der Waals surface area contributed by atoms with Crippen molar-refractivity contribution in [1.29, 1.82) is 0 Å². The third-order valence-electron chi connectivity index (χ3n) is 4.21. The van der Waals surface area contributed by atoms with Gasteiger partial charge in [0, 0.05) is 6.04 Å². The van der Waals surface area contributed by atoms with E-state index in [4.69, 9.17) is 0 Å². The van der Waals surface area contributed by atoms with Crippen LogP contribution < -0.4 is 5.32 Å². The molecule has 98 valence electrons. The fraction of sp³-hybridized carbons (Fsp3) is 0.929. The van der Waals surface area contributed by atoms with Crippen molar-refractivity contribution < 1.29 is 4.79 Å². The molecule has 3 heteroatoms. The standard InChI is InChI=1S/C14H26N2O/c1-8(2)12-14(17)16(11-6-10(5)7-11)13(15-12)9(3)4/h8-13,15H,6-7H2,1-5H3. The van der Waals surface area contributed by atoms with E-state index in [1.165, 1.54) is 12.8 Å². The fourth-order valence-corrected chi connectivity index (χ4v) is 3.12. The van der Waals surface area contributed by atoms with Gasteiger partial charge in [0.15, 0.2) is 0 Å². The van der Waals surface area contributed by atoms with Crippen molar-refractivity contribution in [3.05, 3.63) is 0 Å². The minimum absolute atomic E-state index is 0.0262. The van der Waals surface area contributed by atoms with E-state index in [2.05, 4.69) is 44.8 Å². The average Bonchev–Trinajstić information content (AvgIpc) is 2.51. The molecule has 2 atom stereocenters. The first-order valence-corrected chi connectivity index (χ1v) is 7.00. The van der Waals surface area contributed by atoms with E-state index < -0.39 is 0 Å². The Morgan fingerprint density at radius 3 is 2.18 bits per heavy atom. The molecule has 0 radical (unpaired) electrons. The second-order valence-corrected chi connectivity index (χ2v) is 6.55. The highest BCUT2D eigenvalue weighted by molar-refractivity contribution is 5.85. The topological polar surface area (TPSA) is 32.3 Å². The average molecular weight is 238 g/mol. The summed E-state index contributed by atoms with van der Waals surface area (Å²) < 4.78 is 0. The van der Waals surface area contributed by atoms with Crippen molar-refractivity contribution in [3.8, 4) is 0 Å². The molecule has 17 heavy (non-hydrogen) atoms. The van der Waals surface area contributed by atoms with Crippen molar-refractivity contribution in [2.45, 2.75) is 65.7 Å². The third-order valence-corrected chi connectivity index (χ3v) is 4.21. The largest absolute Gasteiger partial charge is 0.323 e. The van der Waals surface area contributed by atoms with Gasteiger partial charge in [0.05, 0.1) is 12.2 Å². The summed E-state index contributed by atoms with van der Waals surface area (Å²) in [6, 6.07) is 0.513. The third kappa shape index (κ3) is 2.22. The van der Waals surface area contributed by atoms with E-state index in [-0.39, 0.29) is 12.2 Å². The lowest BCUT2D eigenvalue weighted by Crippen LogP contribution is -2.52. The molecule has 1 aliphatic carbocycles. The Bertz CT molecular complexity index is 295. The first kappa shape index (κ1) is 12.9. The lowest BCUT2D eigenvalue weighted by Gasteiger charge is -2.43. The number of amides is 1. The van der Waals surface area contributed by atoms with E-state index in [1.54, 1.807) is 0 Å². The summed E-state index contributed by atoms with van der Waals surface area (Å²) in [5, 5.41) is 3.53. The van der Waals surface area contributed by atoms with Crippen LogP contribution in [0.4, 0.5) is 0 Å². The molecule has 0 bridgehead atoms. The van der Waals surface area contributed by atoms with Gasteiger partial charge in [-0.3, -0.25) is 10.1 Å². The normalized spacial score (nSPS) is 38.1. The molecule has 0 aromatic carbocycles. The SMILES string of the molecule is CC1CC(N2C(=O)C(C(C)C)NC2C(C)C)C1. The number of hydrogen-bond donors (Lipinski definition) is 1. The Balaban J connectivity index is 2.12. The highest BCUT2D eigenvalue weighted by Gasteiger charge is 2.47. The van der Waals surface area contributed by atoms with Crippen molar-refractivity contribution >= 4 is 5.91 Å². The molecular weight excluding hydrogens is 212 g/mol. The summed E-state index contributed by atoms with van der Waals surface area (Å²) in [7, 11) is 0.